The zero-order valence-corrected chi connectivity index (χ0v) is 16.5. The van der Waals surface area contributed by atoms with Gasteiger partial charge in [0.05, 0.1) is 16.8 Å². The summed E-state index contributed by atoms with van der Waals surface area (Å²) in [5.41, 5.74) is 3.79. The average Bonchev–Trinajstić information content (AvgIpc) is 3.30. The summed E-state index contributed by atoms with van der Waals surface area (Å²) in [5, 5.41) is 15.9. The van der Waals surface area contributed by atoms with Gasteiger partial charge in [0.2, 0.25) is 0 Å². The first kappa shape index (κ1) is 19.0. The average molecular weight is 404 g/mol. The molecule has 29 heavy (non-hydrogen) atoms. The lowest BCUT2D eigenvalue weighted by Gasteiger charge is -2.27. The largest absolute Gasteiger partial charge is 0.508 e. The van der Waals surface area contributed by atoms with Crippen LogP contribution >= 0.6 is 11.3 Å². The number of hydrogen-bond donors (Lipinski definition) is 2. The zero-order chi connectivity index (χ0) is 20.2. The highest BCUT2D eigenvalue weighted by molar-refractivity contribution is 7.08. The number of aromatic hydroxyl groups is 1. The first-order valence-electron chi connectivity index (χ1n) is 9.32. The van der Waals surface area contributed by atoms with Crippen molar-refractivity contribution in [2.24, 2.45) is 0 Å². The van der Waals surface area contributed by atoms with Gasteiger partial charge in [0.15, 0.2) is 0 Å². The van der Waals surface area contributed by atoms with E-state index in [-0.39, 0.29) is 17.6 Å². The SMILES string of the molecule is O=C(Nc1ccccc1C(=O)N1CC=C(c2ccc(O)cc2)CC1)c1ccsc1. The van der Waals surface area contributed by atoms with E-state index in [9.17, 15) is 14.7 Å². The molecule has 5 nitrogen and oxygen atoms in total. The summed E-state index contributed by atoms with van der Waals surface area (Å²) < 4.78 is 0. The van der Waals surface area contributed by atoms with Crippen LogP contribution in [0.4, 0.5) is 5.69 Å². The second kappa shape index (κ2) is 8.32. The van der Waals surface area contributed by atoms with E-state index in [0.717, 1.165) is 17.6 Å². The molecule has 0 unspecified atom stereocenters. The molecular weight excluding hydrogens is 384 g/mol. The molecule has 3 aromatic rings. The minimum atomic E-state index is -0.223. The van der Waals surface area contributed by atoms with Gasteiger partial charge in [-0.25, -0.2) is 0 Å². The minimum absolute atomic E-state index is 0.104. The number of para-hydroxylation sites is 1. The topological polar surface area (TPSA) is 69.6 Å². The quantitative estimate of drug-likeness (QED) is 0.666. The second-order valence-corrected chi connectivity index (χ2v) is 7.57. The van der Waals surface area contributed by atoms with E-state index < -0.39 is 0 Å². The number of rotatable bonds is 4. The highest BCUT2D eigenvalue weighted by Gasteiger charge is 2.22. The molecule has 2 heterocycles. The third-order valence-corrected chi connectivity index (χ3v) is 5.61. The van der Waals surface area contributed by atoms with E-state index in [2.05, 4.69) is 5.32 Å². The van der Waals surface area contributed by atoms with Gasteiger partial charge in [0.1, 0.15) is 5.75 Å². The maximum Gasteiger partial charge on any atom is 0.256 e. The van der Waals surface area contributed by atoms with Gasteiger partial charge in [0, 0.05) is 18.5 Å². The van der Waals surface area contributed by atoms with Gasteiger partial charge < -0.3 is 15.3 Å². The van der Waals surface area contributed by atoms with Gasteiger partial charge in [-0.2, -0.15) is 11.3 Å². The first-order valence-corrected chi connectivity index (χ1v) is 10.3. The number of phenols is 1. The summed E-state index contributed by atoms with van der Waals surface area (Å²) in [5.74, 6) is -0.0880. The van der Waals surface area contributed by atoms with E-state index in [1.807, 2.05) is 23.6 Å². The summed E-state index contributed by atoms with van der Waals surface area (Å²) in [6.07, 6.45) is 2.78. The minimum Gasteiger partial charge on any atom is -0.508 e. The van der Waals surface area contributed by atoms with Crippen molar-refractivity contribution in [2.45, 2.75) is 6.42 Å². The van der Waals surface area contributed by atoms with Gasteiger partial charge in [0.25, 0.3) is 11.8 Å². The van der Waals surface area contributed by atoms with Gasteiger partial charge in [-0.15, -0.1) is 0 Å². The fourth-order valence-electron chi connectivity index (χ4n) is 3.33. The summed E-state index contributed by atoms with van der Waals surface area (Å²) in [6, 6.07) is 15.9. The lowest BCUT2D eigenvalue weighted by molar-refractivity contribution is 0.0774. The first-order chi connectivity index (χ1) is 14.1. The number of nitrogens with zero attached hydrogens (tertiary/aromatic N) is 1. The maximum absolute atomic E-state index is 13.1. The van der Waals surface area contributed by atoms with Crippen LogP contribution in [0.1, 0.15) is 32.7 Å². The van der Waals surface area contributed by atoms with Gasteiger partial charge in [-0.05, 0) is 53.3 Å². The molecule has 4 rings (SSSR count). The van der Waals surface area contributed by atoms with Crippen molar-refractivity contribution in [3.8, 4) is 5.75 Å². The lowest BCUT2D eigenvalue weighted by atomic mass is 9.99. The molecule has 0 saturated carbocycles. The maximum atomic E-state index is 13.1. The van der Waals surface area contributed by atoms with E-state index >= 15 is 0 Å². The third kappa shape index (κ3) is 4.22. The monoisotopic (exact) mass is 404 g/mol. The number of benzene rings is 2. The van der Waals surface area contributed by atoms with E-state index in [0.29, 0.717) is 29.9 Å². The Balaban J connectivity index is 1.49. The van der Waals surface area contributed by atoms with Crippen LogP contribution in [-0.2, 0) is 0 Å². The number of carbonyl (C=O) groups excluding carboxylic acids is 2. The Morgan fingerprint density at radius 2 is 1.83 bits per heavy atom. The summed E-state index contributed by atoms with van der Waals surface area (Å²) >= 11 is 1.45. The van der Waals surface area contributed by atoms with Crippen LogP contribution in [0.2, 0.25) is 0 Å². The molecule has 6 heteroatoms. The smallest absolute Gasteiger partial charge is 0.256 e. The molecule has 0 aliphatic carbocycles. The fourth-order valence-corrected chi connectivity index (χ4v) is 3.96. The number of carbonyl (C=O) groups is 2. The standard InChI is InChI=1S/C23H20N2O3S/c26-19-7-5-16(6-8-19)17-9-12-25(13-10-17)23(28)20-3-1-2-4-21(20)24-22(27)18-11-14-29-15-18/h1-9,11,14-15,26H,10,12-13H2,(H,24,27). The van der Waals surface area contributed by atoms with Gasteiger partial charge >= 0.3 is 0 Å². The Labute approximate surface area is 172 Å². The fraction of sp³-hybridized carbons (Fsp3) is 0.130. The Morgan fingerprint density at radius 3 is 2.52 bits per heavy atom. The summed E-state index contributed by atoms with van der Waals surface area (Å²) in [6.45, 7) is 1.10. The van der Waals surface area contributed by atoms with Crippen molar-refractivity contribution in [3.63, 3.8) is 0 Å². The molecule has 1 aliphatic rings. The molecule has 0 radical (unpaired) electrons. The second-order valence-electron chi connectivity index (χ2n) is 6.79. The van der Waals surface area contributed by atoms with E-state index in [4.69, 9.17) is 0 Å². The predicted octanol–water partition coefficient (Wildman–Crippen LogP) is 4.64. The normalized spacial score (nSPS) is 13.7. The summed E-state index contributed by atoms with van der Waals surface area (Å²) in [4.78, 5) is 27.3. The van der Waals surface area contributed by atoms with Crippen LogP contribution in [0.3, 0.4) is 0 Å². The molecule has 1 aromatic heterocycles. The van der Waals surface area contributed by atoms with Crippen molar-refractivity contribution in [2.75, 3.05) is 18.4 Å². The molecule has 0 fully saturated rings. The number of amides is 2. The molecule has 1 aliphatic heterocycles. The van der Waals surface area contributed by atoms with Crippen LogP contribution < -0.4 is 5.32 Å². The van der Waals surface area contributed by atoms with E-state index in [1.165, 1.54) is 11.3 Å². The van der Waals surface area contributed by atoms with Crippen molar-refractivity contribution in [1.29, 1.82) is 0 Å². The van der Waals surface area contributed by atoms with Crippen LogP contribution in [0, 0.1) is 0 Å². The molecule has 0 spiro atoms. The number of nitrogens with one attached hydrogen (secondary N) is 1. The Kier molecular flexibility index (Phi) is 5.44. The number of thiophene rings is 1. The predicted molar refractivity (Wildman–Crippen MR) is 115 cm³/mol. The van der Waals surface area contributed by atoms with Gasteiger partial charge in [-0.3, -0.25) is 9.59 Å². The Bertz CT molecular complexity index is 1060. The van der Waals surface area contributed by atoms with E-state index in [1.54, 1.807) is 52.7 Å². The molecular formula is C23H20N2O3S. The van der Waals surface area contributed by atoms with Crippen LogP contribution in [-0.4, -0.2) is 34.9 Å². The molecule has 0 atom stereocenters. The Hall–Kier alpha value is -3.38. The number of anilines is 1. The van der Waals surface area contributed by atoms with Crippen LogP contribution in [0.15, 0.2) is 71.4 Å². The van der Waals surface area contributed by atoms with Crippen LogP contribution in [0.25, 0.3) is 5.57 Å². The van der Waals surface area contributed by atoms with Gasteiger partial charge in [-0.1, -0.05) is 30.3 Å². The highest BCUT2D eigenvalue weighted by atomic mass is 32.1. The molecule has 2 aromatic carbocycles. The van der Waals surface area contributed by atoms with Crippen molar-refractivity contribution >= 4 is 34.4 Å². The number of hydrogen-bond acceptors (Lipinski definition) is 4. The van der Waals surface area contributed by atoms with Crippen LogP contribution in [0.5, 0.6) is 5.75 Å². The molecule has 2 amide bonds. The highest BCUT2D eigenvalue weighted by Crippen LogP contribution is 2.26. The third-order valence-electron chi connectivity index (χ3n) is 4.92. The van der Waals surface area contributed by atoms with Crippen molar-refractivity contribution in [1.82, 2.24) is 4.90 Å². The van der Waals surface area contributed by atoms with Crippen molar-refractivity contribution < 1.29 is 14.7 Å². The molecule has 2 N–H and O–H groups in total. The molecule has 0 bridgehead atoms. The molecule has 0 saturated heterocycles. The zero-order valence-electron chi connectivity index (χ0n) is 15.7. The summed E-state index contributed by atoms with van der Waals surface area (Å²) in [7, 11) is 0. The number of phenolic OH excluding ortho intramolecular Hbond substituents is 1. The Morgan fingerprint density at radius 1 is 1.03 bits per heavy atom. The lowest BCUT2D eigenvalue weighted by Crippen LogP contribution is -2.35. The molecule has 146 valence electrons. The van der Waals surface area contributed by atoms with Crippen molar-refractivity contribution in [3.05, 3.63) is 88.1 Å².